The van der Waals surface area contributed by atoms with Gasteiger partial charge < -0.3 is 20.7 Å². The summed E-state index contributed by atoms with van der Waals surface area (Å²) in [6.07, 6.45) is 1.83. The number of ether oxygens (including phenoxy) is 1. The van der Waals surface area contributed by atoms with Crippen LogP contribution >= 0.6 is 11.3 Å². The van der Waals surface area contributed by atoms with Gasteiger partial charge in [-0.25, -0.2) is 9.78 Å². The predicted molar refractivity (Wildman–Crippen MR) is 112 cm³/mol. The quantitative estimate of drug-likeness (QED) is 0.663. The maximum absolute atomic E-state index is 13.1. The molecule has 1 aliphatic heterocycles. The van der Waals surface area contributed by atoms with Crippen molar-refractivity contribution in [3.05, 3.63) is 51.8 Å². The zero-order valence-corrected chi connectivity index (χ0v) is 17.4. The standard InChI is InChI=1S/C20H21N5O4S/c1-3-29-20(28)24-9-7-12-13(10-24)30-19(15(12)17(21)26)23-18(27)16-11(2)22-14-6-4-5-8-25(14)16/h4-6,8H,3,7,9-10H2,1-2H3,(H2,21,26)(H,23,27). The summed E-state index contributed by atoms with van der Waals surface area (Å²) < 4.78 is 6.77. The highest BCUT2D eigenvalue weighted by Gasteiger charge is 2.30. The van der Waals surface area contributed by atoms with Gasteiger partial charge in [0.05, 0.1) is 24.4 Å². The Hall–Kier alpha value is -3.40. The van der Waals surface area contributed by atoms with Crippen LogP contribution in [0.2, 0.25) is 0 Å². The molecule has 156 valence electrons. The topological polar surface area (TPSA) is 119 Å². The van der Waals surface area contributed by atoms with Crippen LogP contribution in [0.5, 0.6) is 0 Å². The van der Waals surface area contributed by atoms with Crippen molar-refractivity contribution in [3.63, 3.8) is 0 Å². The molecule has 1 aliphatic rings. The summed E-state index contributed by atoms with van der Waals surface area (Å²) in [6.45, 7) is 4.53. The van der Waals surface area contributed by atoms with Gasteiger partial charge in [-0.15, -0.1) is 11.3 Å². The number of imidazole rings is 1. The molecule has 10 heteroatoms. The first-order chi connectivity index (χ1) is 14.4. The van der Waals surface area contributed by atoms with Crippen molar-refractivity contribution in [2.24, 2.45) is 5.73 Å². The Balaban J connectivity index is 1.66. The summed E-state index contributed by atoms with van der Waals surface area (Å²) in [7, 11) is 0. The van der Waals surface area contributed by atoms with Gasteiger partial charge in [-0.1, -0.05) is 6.07 Å². The second-order valence-corrected chi connectivity index (χ2v) is 7.98. The van der Waals surface area contributed by atoms with Gasteiger partial charge in [0.1, 0.15) is 16.3 Å². The van der Waals surface area contributed by atoms with Gasteiger partial charge in [-0.3, -0.25) is 14.0 Å². The molecule has 0 aromatic carbocycles. The fourth-order valence-corrected chi connectivity index (χ4v) is 4.94. The number of aromatic nitrogens is 2. The van der Waals surface area contributed by atoms with Crippen molar-refractivity contribution in [2.45, 2.75) is 26.8 Å². The molecule has 0 aliphatic carbocycles. The molecule has 0 bridgehead atoms. The molecule has 0 spiro atoms. The molecular weight excluding hydrogens is 406 g/mol. The van der Waals surface area contributed by atoms with Crippen LogP contribution in [-0.4, -0.2) is 45.3 Å². The smallest absolute Gasteiger partial charge is 0.410 e. The summed E-state index contributed by atoms with van der Waals surface area (Å²) in [4.78, 5) is 44.1. The zero-order valence-electron chi connectivity index (χ0n) is 16.6. The molecule has 0 radical (unpaired) electrons. The van der Waals surface area contributed by atoms with Crippen molar-refractivity contribution in [1.82, 2.24) is 14.3 Å². The van der Waals surface area contributed by atoms with Crippen LogP contribution in [0, 0.1) is 6.92 Å². The first-order valence-electron chi connectivity index (χ1n) is 9.51. The highest BCUT2D eigenvalue weighted by atomic mass is 32.1. The number of amides is 3. The number of fused-ring (bicyclic) bond motifs is 2. The van der Waals surface area contributed by atoms with Gasteiger partial charge in [0.25, 0.3) is 11.8 Å². The lowest BCUT2D eigenvalue weighted by atomic mass is 10.0. The number of nitrogens with zero attached hydrogens (tertiary/aromatic N) is 3. The molecule has 4 heterocycles. The van der Waals surface area contributed by atoms with Crippen LogP contribution in [-0.2, 0) is 17.7 Å². The van der Waals surface area contributed by atoms with Gasteiger partial charge in [-0.2, -0.15) is 0 Å². The normalized spacial score (nSPS) is 13.2. The third kappa shape index (κ3) is 3.39. The number of aryl methyl sites for hydroxylation is 1. The maximum Gasteiger partial charge on any atom is 0.410 e. The Kier molecular flexibility index (Phi) is 5.17. The van der Waals surface area contributed by atoms with E-state index in [4.69, 9.17) is 10.5 Å². The number of hydrogen-bond acceptors (Lipinski definition) is 6. The molecule has 3 amide bonds. The van der Waals surface area contributed by atoms with E-state index in [1.54, 1.807) is 29.3 Å². The average molecular weight is 427 g/mol. The minimum Gasteiger partial charge on any atom is -0.450 e. The summed E-state index contributed by atoms with van der Waals surface area (Å²) in [5.74, 6) is -0.989. The van der Waals surface area contributed by atoms with E-state index in [2.05, 4.69) is 10.3 Å². The Labute approximate surface area is 176 Å². The summed E-state index contributed by atoms with van der Waals surface area (Å²) in [6, 6.07) is 5.47. The third-order valence-electron chi connectivity index (χ3n) is 4.98. The number of rotatable bonds is 4. The van der Waals surface area contributed by atoms with Gasteiger partial charge >= 0.3 is 6.09 Å². The van der Waals surface area contributed by atoms with Gasteiger partial charge in [0.2, 0.25) is 0 Å². The summed E-state index contributed by atoms with van der Waals surface area (Å²) in [5, 5.41) is 3.22. The van der Waals surface area contributed by atoms with Crippen LogP contribution in [0.4, 0.5) is 9.80 Å². The Bertz CT molecular complexity index is 1170. The lowest BCUT2D eigenvalue weighted by Crippen LogP contribution is -2.36. The number of primary amides is 1. The average Bonchev–Trinajstić information content (AvgIpc) is 3.23. The van der Waals surface area contributed by atoms with E-state index in [1.807, 2.05) is 18.2 Å². The molecule has 0 saturated heterocycles. The van der Waals surface area contributed by atoms with Crippen LogP contribution < -0.4 is 11.1 Å². The molecule has 3 aromatic heterocycles. The minimum atomic E-state index is -0.609. The summed E-state index contributed by atoms with van der Waals surface area (Å²) >= 11 is 1.25. The van der Waals surface area contributed by atoms with Crippen molar-refractivity contribution >= 4 is 39.9 Å². The van der Waals surface area contributed by atoms with E-state index in [0.717, 1.165) is 10.4 Å². The molecule has 4 rings (SSSR count). The number of thiophene rings is 1. The molecule has 0 saturated carbocycles. The second-order valence-electron chi connectivity index (χ2n) is 6.87. The highest BCUT2D eigenvalue weighted by molar-refractivity contribution is 7.17. The molecule has 3 N–H and O–H groups in total. The van der Waals surface area contributed by atoms with Gasteiger partial charge in [0.15, 0.2) is 0 Å². The largest absolute Gasteiger partial charge is 0.450 e. The van der Waals surface area contributed by atoms with Crippen LogP contribution in [0.3, 0.4) is 0 Å². The molecular formula is C20H21N5O4S. The third-order valence-corrected chi connectivity index (χ3v) is 6.11. The van der Waals surface area contributed by atoms with Crippen LogP contribution in [0.1, 0.15) is 43.9 Å². The number of nitrogens with two attached hydrogens (primary N) is 1. The molecule has 0 atom stereocenters. The molecule has 0 unspecified atom stereocenters. The lowest BCUT2D eigenvalue weighted by molar-refractivity contribution is 0.0997. The van der Waals surface area contributed by atoms with E-state index < -0.39 is 12.0 Å². The van der Waals surface area contributed by atoms with Crippen molar-refractivity contribution < 1.29 is 19.1 Å². The number of hydrogen-bond donors (Lipinski definition) is 2. The van der Waals surface area contributed by atoms with E-state index >= 15 is 0 Å². The number of pyridine rings is 1. The van der Waals surface area contributed by atoms with E-state index in [9.17, 15) is 14.4 Å². The molecule has 30 heavy (non-hydrogen) atoms. The van der Waals surface area contributed by atoms with Crippen LogP contribution in [0.15, 0.2) is 24.4 Å². The van der Waals surface area contributed by atoms with Crippen molar-refractivity contribution in [2.75, 3.05) is 18.5 Å². The lowest BCUT2D eigenvalue weighted by Gasteiger charge is -2.26. The molecule has 9 nitrogen and oxygen atoms in total. The number of carbonyl (C=O) groups excluding carboxylic acids is 3. The number of anilines is 1. The second kappa shape index (κ2) is 7.79. The monoisotopic (exact) mass is 427 g/mol. The van der Waals surface area contributed by atoms with Gasteiger partial charge in [-0.05, 0) is 38.0 Å². The SMILES string of the molecule is CCOC(=O)N1CCc2c(sc(NC(=O)c3c(C)nc4ccccn34)c2C(N)=O)C1. The Morgan fingerprint density at radius 2 is 2.13 bits per heavy atom. The molecule has 3 aromatic rings. The highest BCUT2D eigenvalue weighted by Crippen LogP contribution is 2.37. The van der Waals surface area contributed by atoms with E-state index in [1.165, 1.54) is 11.3 Å². The first kappa shape index (κ1) is 19.9. The number of carbonyl (C=O) groups is 3. The zero-order chi connectivity index (χ0) is 21.4. The Morgan fingerprint density at radius 1 is 1.33 bits per heavy atom. The van der Waals surface area contributed by atoms with E-state index in [-0.39, 0.29) is 5.91 Å². The van der Waals surface area contributed by atoms with Gasteiger partial charge in [0, 0.05) is 17.6 Å². The minimum absolute atomic E-state index is 0.291. The van der Waals surface area contributed by atoms with Crippen molar-refractivity contribution in [1.29, 1.82) is 0 Å². The fourth-order valence-electron chi connectivity index (χ4n) is 3.67. The molecule has 0 fully saturated rings. The predicted octanol–water partition coefficient (Wildman–Crippen LogP) is 2.57. The fraction of sp³-hybridized carbons (Fsp3) is 0.300. The Morgan fingerprint density at radius 3 is 2.87 bits per heavy atom. The van der Waals surface area contributed by atoms with E-state index in [0.29, 0.717) is 53.7 Å². The maximum atomic E-state index is 13.1. The van der Waals surface area contributed by atoms with Crippen molar-refractivity contribution in [3.8, 4) is 0 Å². The van der Waals surface area contributed by atoms with Crippen LogP contribution in [0.25, 0.3) is 5.65 Å². The summed E-state index contributed by atoms with van der Waals surface area (Å²) in [5.41, 5.74) is 8.34. The first-order valence-corrected chi connectivity index (χ1v) is 10.3. The number of nitrogens with one attached hydrogen (secondary N) is 1.